The van der Waals surface area contributed by atoms with Crippen molar-refractivity contribution in [2.75, 3.05) is 0 Å². The topological polar surface area (TPSA) is 83.0 Å². The van der Waals surface area contributed by atoms with Gasteiger partial charge in [-0.3, -0.25) is 9.59 Å². The van der Waals surface area contributed by atoms with Gasteiger partial charge in [0.2, 0.25) is 0 Å². The van der Waals surface area contributed by atoms with Crippen molar-refractivity contribution in [3.63, 3.8) is 0 Å². The third-order valence-corrected chi connectivity index (χ3v) is 3.32. The number of H-pyrrole nitrogens is 1. The molecule has 92 valence electrons. The lowest BCUT2D eigenvalue weighted by atomic mass is 9.85. The minimum Gasteiger partial charge on any atom is -0.481 e. The Morgan fingerprint density at radius 2 is 2.24 bits per heavy atom. The molecular weight excluding hydrogens is 220 g/mol. The molecule has 0 aromatic carbocycles. The zero-order valence-electron chi connectivity index (χ0n) is 9.82. The molecule has 0 radical (unpaired) electrons. The van der Waals surface area contributed by atoms with Gasteiger partial charge in [-0.2, -0.15) is 0 Å². The minimum absolute atomic E-state index is 0.0334. The van der Waals surface area contributed by atoms with E-state index >= 15 is 0 Å². The molecule has 1 aliphatic carbocycles. The molecule has 1 fully saturated rings. The van der Waals surface area contributed by atoms with E-state index in [1.807, 2.05) is 0 Å². The number of nitrogens with one attached hydrogen (secondary N) is 1. The number of aryl methyl sites for hydroxylation is 1. The molecular formula is C12H16N2O3. The molecule has 0 unspecified atom stereocenters. The highest BCUT2D eigenvalue weighted by atomic mass is 16.4. The van der Waals surface area contributed by atoms with Crippen LogP contribution in [0.15, 0.2) is 4.79 Å². The zero-order valence-corrected chi connectivity index (χ0v) is 9.82. The van der Waals surface area contributed by atoms with Gasteiger partial charge in [0.25, 0.3) is 5.56 Å². The van der Waals surface area contributed by atoms with Gasteiger partial charge in [0, 0.05) is 23.6 Å². The highest BCUT2D eigenvalue weighted by Crippen LogP contribution is 2.33. The van der Waals surface area contributed by atoms with Crippen molar-refractivity contribution in [1.82, 2.24) is 9.97 Å². The highest BCUT2D eigenvalue weighted by molar-refractivity contribution is 5.67. The summed E-state index contributed by atoms with van der Waals surface area (Å²) in [5.41, 5.74) is 0.980. The number of hydrogen-bond donors (Lipinski definition) is 2. The first-order valence-electron chi connectivity index (χ1n) is 5.89. The summed E-state index contributed by atoms with van der Waals surface area (Å²) in [4.78, 5) is 29.5. The fourth-order valence-corrected chi connectivity index (χ4v) is 2.03. The van der Waals surface area contributed by atoms with Crippen LogP contribution in [0.25, 0.3) is 0 Å². The number of nitrogens with zero attached hydrogens (tertiary/aromatic N) is 1. The van der Waals surface area contributed by atoms with Crippen molar-refractivity contribution in [2.45, 2.75) is 44.9 Å². The molecule has 1 saturated carbocycles. The number of carbonyl (C=O) groups is 1. The van der Waals surface area contributed by atoms with E-state index in [2.05, 4.69) is 9.97 Å². The molecule has 0 spiro atoms. The molecule has 2 N–H and O–H groups in total. The Morgan fingerprint density at radius 1 is 1.53 bits per heavy atom. The van der Waals surface area contributed by atoms with Gasteiger partial charge in [0.05, 0.1) is 0 Å². The standard InChI is InChI=1S/C12H16N2O3/c1-7-9(5-6-10(15)16)12(17)14-11(13-7)8-3-2-4-8/h8H,2-6H2,1H3,(H,15,16)(H,13,14,17). The summed E-state index contributed by atoms with van der Waals surface area (Å²) < 4.78 is 0. The van der Waals surface area contributed by atoms with Crippen LogP contribution in [0, 0.1) is 6.92 Å². The van der Waals surface area contributed by atoms with Crippen LogP contribution >= 0.6 is 0 Å². The summed E-state index contributed by atoms with van der Waals surface area (Å²) in [5.74, 6) is 0.250. The van der Waals surface area contributed by atoms with E-state index in [0.29, 0.717) is 17.2 Å². The Morgan fingerprint density at radius 3 is 2.71 bits per heavy atom. The van der Waals surface area contributed by atoms with Crippen molar-refractivity contribution in [1.29, 1.82) is 0 Å². The number of rotatable bonds is 4. The maximum Gasteiger partial charge on any atom is 0.303 e. The van der Waals surface area contributed by atoms with Gasteiger partial charge < -0.3 is 10.1 Å². The first-order valence-corrected chi connectivity index (χ1v) is 5.89. The number of aromatic amines is 1. The maximum absolute atomic E-state index is 11.8. The van der Waals surface area contributed by atoms with Crippen LogP contribution in [0.5, 0.6) is 0 Å². The van der Waals surface area contributed by atoms with E-state index in [9.17, 15) is 9.59 Å². The summed E-state index contributed by atoms with van der Waals surface area (Å²) in [6.45, 7) is 1.77. The quantitative estimate of drug-likeness (QED) is 0.826. The summed E-state index contributed by atoms with van der Waals surface area (Å²) in [6, 6.07) is 0. The van der Waals surface area contributed by atoms with Crippen LogP contribution in [-0.2, 0) is 11.2 Å². The van der Waals surface area contributed by atoms with E-state index in [0.717, 1.165) is 18.7 Å². The van der Waals surface area contributed by atoms with E-state index < -0.39 is 5.97 Å². The predicted octanol–water partition coefficient (Wildman–Crippen LogP) is 1.36. The Kier molecular flexibility index (Phi) is 3.26. The van der Waals surface area contributed by atoms with Crippen LogP contribution in [0.3, 0.4) is 0 Å². The van der Waals surface area contributed by atoms with Crippen molar-refractivity contribution in [2.24, 2.45) is 0 Å². The SMILES string of the molecule is Cc1nc(C2CCC2)[nH]c(=O)c1CCC(=O)O. The molecule has 5 nitrogen and oxygen atoms in total. The van der Waals surface area contributed by atoms with Gasteiger partial charge in [0.1, 0.15) is 5.82 Å². The van der Waals surface area contributed by atoms with Crippen molar-refractivity contribution >= 4 is 5.97 Å². The van der Waals surface area contributed by atoms with Gasteiger partial charge in [-0.25, -0.2) is 4.98 Å². The molecule has 5 heteroatoms. The van der Waals surface area contributed by atoms with E-state index in [1.54, 1.807) is 6.92 Å². The lowest BCUT2D eigenvalue weighted by Gasteiger charge is -2.24. The molecule has 1 aliphatic rings. The largest absolute Gasteiger partial charge is 0.481 e. The number of carboxylic acid groups (broad SMARTS) is 1. The van der Waals surface area contributed by atoms with Crippen LogP contribution < -0.4 is 5.56 Å². The molecule has 17 heavy (non-hydrogen) atoms. The molecule has 1 aromatic heterocycles. The Balaban J connectivity index is 2.22. The van der Waals surface area contributed by atoms with E-state index in [-0.39, 0.29) is 18.4 Å². The molecule has 0 atom stereocenters. The number of carboxylic acids is 1. The minimum atomic E-state index is -0.896. The van der Waals surface area contributed by atoms with E-state index in [1.165, 1.54) is 6.42 Å². The highest BCUT2D eigenvalue weighted by Gasteiger charge is 2.23. The van der Waals surface area contributed by atoms with Crippen LogP contribution in [0.1, 0.15) is 48.7 Å². The smallest absolute Gasteiger partial charge is 0.303 e. The van der Waals surface area contributed by atoms with Gasteiger partial charge in [0.15, 0.2) is 0 Å². The first-order chi connectivity index (χ1) is 8.08. The summed E-state index contributed by atoms with van der Waals surface area (Å²) in [6.07, 6.45) is 3.56. The van der Waals surface area contributed by atoms with Crippen LogP contribution in [-0.4, -0.2) is 21.0 Å². The number of hydrogen-bond acceptors (Lipinski definition) is 3. The van der Waals surface area contributed by atoms with Crippen molar-refractivity contribution in [3.05, 3.63) is 27.4 Å². The van der Waals surface area contributed by atoms with E-state index in [4.69, 9.17) is 5.11 Å². The predicted molar refractivity (Wildman–Crippen MR) is 62.1 cm³/mol. The molecule has 0 bridgehead atoms. The van der Waals surface area contributed by atoms with Gasteiger partial charge in [-0.05, 0) is 26.2 Å². The van der Waals surface area contributed by atoms with Gasteiger partial charge >= 0.3 is 5.97 Å². The van der Waals surface area contributed by atoms with Gasteiger partial charge in [-0.15, -0.1) is 0 Å². The molecule has 2 rings (SSSR count). The summed E-state index contributed by atoms with van der Waals surface area (Å²) in [7, 11) is 0. The lowest BCUT2D eigenvalue weighted by Crippen LogP contribution is -2.23. The van der Waals surface area contributed by atoms with Crippen LogP contribution in [0.4, 0.5) is 0 Å². The fourth-order valence-electron chi connectivity index (χ4n) is 2.03. The second kappa shape index (κ2) is 4.69. The maximum atomic E-state index is 11.8. The molecule has 0 amide bonds. The fraction of sp³-hybridized carbons (Fsp3) is 0.583. The van der Waals surface area contributed by atoms with Gasteiger partial charge in [-0.1, -0.05) is 6.42 Å². The first kappa shape index (κ1) is 11.8. The average molecular weight is 236 g/mol. The van der Waals surface area contributed by atoms with Crippen molar-refractivity contribution in [3.8, 4) is 0 Å². The Hall–Kier alpha value is -1.65. The third kappa shape index (κ3) is 2.54. The number of aliphatic carboxylic acids is 1. The zero-order chi connectivity index (χ0) is 12.4. The number of aromatic nitrogens is 2. The molecule has 0 saturated heterocycles. The second-order valence-corrected chi connectivity index (χ2v) is 4.54. The monoisotopic (exact) mass is 236 g/mol. The van der Waals surface area contributed by atoms with Crippen LogP contribution in [0.2, 0.25) is 0 Å². The summed E-state index contributed by atoms with van der Waals surface area (Å²) in [5, 5.41) is 8.61. The average Bonchev–Trinajstić information content (AvgIpc) is 2.12. The lowest BCUT2D eigenvalue weighted by molar-refractivity contribution is -0.136. The Bertz CT molecular complexity index is 489. The third-order valence-electron chi connectivity index (χ3n) is 3.32. The molecule has 1 heterocycles. The van der Waals surface area contributed by atoms with Crippen molar-refractivity contribution < 1.29 is 9.90 Å². The summed E-state index contributed by atoms with van der Waals surface area (Å²) >= 11 is 0. The Labute approximate surface area is 98.9 Å². The molecule has 1 aromatic rings. The normalized spacial score (nSPS) is 15.6. The second-order valence-electron chi connectivity index (χ2n) is 4.54. The molecule has 0 aliphatic heterocycles.